The molecule has 118 valence electrons. The second-order valence-corrected chi connectivity index (χ2v) is 6.19. The van der Waals surface area contributed by atoms with Crippen molar-refractivity contribution in [2.75, 3.05) is 13.2 Å². The third kappa shape index (κ3) is 3.25. The van der Waals surface area contributed by atoms with Crippen LogP contribution in [0.15, 0.2) is 35.9 Å². The van der Waals surface area contributed by atoms with Gasteiger partial charge in [0.25, 0.3) is 0 Å². The van der Waals surface area contributed by atoms with Crippen molar-refractivity contribution in [3.8, 4) is 0 Å². The quantitative estimate of drug-likeness (QED) is 0.797. The van der Waals surface area contributed by atoms with Crippen LogP contribution in [0.5, 0.6) is 0 Å². The van der Waals surface area contributed by atoms with Crippen LogP contribution < -0.4 is 0 Å². The lowest BCUT2D eigenvalue weighted by molar-refractivity contribution is -0.145. The van der Waals surface area contributed by atoms with E-state index in [1.54, 1.807) is 0 Å². The minimum absolute atomic E-state index is 0.201. The van der Waals surface area contributed by atoms with E-state index in [0.717, 1.165) is 36.9 Å². The second kappa shape index (κ2) is 7.10. The van der Waals surface area contributed by atoms with E-state index < -0.39 is 0 Å². The fourth-order valence-electron chi connectivity index (χ4n) is 3.60. The van der Waals surface area contributed by atoms with Gasteiger partial charge in [-0.05, 0) is 30.9 Å². The van der Waals surface area contributed by atoms with Gasteiger partial charge in [0, 0.05) is 12.1 Å². The number of rotatable bonds is 3. The molecule has 1 saturated carbocycles. The standard InChI is InChI=1S/C19H25NO2/c1-2-16(14-15-8-4-3-5-9-15)19(21)20-12-13-22-18-11-7-6-10-17(18)20/h3-5,8-9,14,17-18H,2,6-7,10-13H2,1H3/b16-14+. The average molecular weight is 299 g/mol. The highest BCUT2D eigenvalue weighted by Crippen LogP contribution is 2.30. The van der Waals surface area contributed by atoms with Gasteiger partial charge in [0.15, 0.2) is 0 Å². The monoisotopic (exact) mass is 299 g/mol. The minimum atomic E-state index is 0.201. The van der Waals surface area contributed by atoms with Crippen LogP contribution in [0.4, 0.5) is 0 Å². The Morgan fingerprint density at radius 1 is 1.27 bits per heavy atom. The molecule has 1 aromatic rings. The number of amides is 1. The molecule has 3 rings (SSSR count). The van der Waals surface area contributed by atoms with E-state index in [-0.39, 0.29) is 18.1 Å². The molecule has 2 unspecified atom stereocenters. The highest BCUT2D eigenvalue weighted by Gasteiger charge is 2.37. The lowest BCUT2D eigenvalue weighted by Crippen LogP contribution is -2.55. The zero-order chi connectivity index (χ0) is 15.4. The van der Waals surface area contributed by atoms with Crippen molar-refractivity contribution in [2.45, 2.75) is 51.2 Å². The molecular formula is C19H25NO2. The highest BCUT2D eigenvalue weighted by atomic mass is 16.5. The van der Waals surface area contributed by atoms with E-state index in [1.165, 1.54) is 12.8 Å². The van der Waals surface area contributed by atoms with Gasteiger partial charge >= 0.3 is 0 Å². The summed E-state index contributed by atoms with van der Waals surface area (Å²) in [5, 5.41) is 0. The molecule has 22 heavy (non-hydrogen) atoms. The third-order valence-corrected chi connectivity index (χ3v) is 4.79. The Morgan fingerprint density at radius 2 is 2.05 bits per heavy atom. The Bertz CT molecular complexity index is 536. The number of ether oxygens (including phenoxy) is 1. The molecule has 0 aromatic heterocycles. The number of hydrogen-bond acceptors (Lipinski definition) is 2. The summed E-state index contributed by atoms with van der Waals surface area (Å²) in [6.45, 7) is 3.47. The number of carbonyl (C=O) groups is 1. The number of hydrogen-bond donors (Lipinski definition) is 0. The second-order valence-electron chi connectivity index (χ2n) is 6.19. The van der Waals surface area contributed by atoms with Gasteiger partial charge in [-0.2, -0.15) is 0 Å². The normalized spacial score (nSPS) is 25.7. The predicted molar refractivity (Wildman–Crippen MR) is 88.4 cm³/mol. The highest BCUT2D eigenvalue weighted by molar-refractivity contribution is 5.98. The minimum Gasteiger partial charge on any atom is -0.374 e. The molecule has 0 radical (unpaired) electrons. The number of morpholine rings is 1. The van der Waals surface area contributed by atoms with Crippen molar-refractivity contribution in [3.05, 3.63) is 41.5 Å². The Kier molecular flexibility index (Phi) is 4.94. The average Bonchev–Trinajstić information content (AvgIpc) is 2.59. The largest absolute Gasteiger partial charge is 0.374 e. The van der Waals surface area contributed by atoms with Gasteiger partial charge in [0.05, 0.1) is 18.8 Å². The van der Waals surface area contributed by atoms with Crippen molar-refractivity contribution in [1.82, 2.24) is 4.90 Å². The lowest BCUT2D eigenvalue weighted by Gasteiger charge is -2.44. The van der Waals surface area contributed by atoms with Crippen molar-refractivity contribution < 1.29 is 9.53 Å². The zero-order valence-electron chi connectivity index (χ0n) is 13.3. The van der Waals surface area contributed by atoms with Crippen molar-refractivity contribution in [3.63, 3.8) is 0 Å². The maximum Gasteiger partial charge on any atom is 0.250 e. The molecule has 1 heterocycles. The smallest absolute Gasteiger partial charge is 0.250 e. The van der Waals surface area contributed by atoms with Gasteiger partial charge < -0.3 is 9.64 Å². The van der Waals surface area contributed by atoms with Crippen molar-refractivity contribution >= 4 is 12.0 Å². The fourth-order valence-corrected chi connectivity index (χ4v) is 3.60. The van der Waals surface area contributed by atoms with E-state index in [1.807, 2.05) is 36.4 Å². The molecule has 1 saturated heterocycles. The lowest BCUT2D eigenvalue weighted by atomic mass is 9.89. The molecule has 0 N–H and O–H groups in total. The molecular weight excluding hydrogens is 274 g/mol. The van der Waals surface area contributed by atoms with Gasteiger partial charge in [-0.25, -0.2) is 0 Å². The van der Waals surface area contributed by atoms with Gasteiger partial charge in [0.1, 0.15) is 0 Å². The van der Waals surface area contributed by atoms with Gasteiger partial charge in [-0.1, -0.05) is 50.1 Å². The fraction of sp³-hybridized carbons (Fsp3) is 0.526. The molecule has 1 aliphatic heterocycles. The first kappa shape index (κ1) is 15.3. The first-order chi connectivity index (χ1) is 10.8. The van der Waals surface area contributed by atoms with Gasteiger partial charge in [-0.3, -0.25) is 4.79 Å². The molecule has 2 aliphatic rings. The molecule has 0 spiro atoms. The van der Waals surface area contributed by atoms with Crippen LogP contribution in [0, 0.1) is 0 Å². The SMILES string of the molecule is CC/C(=C\c1ccccc1)C(=O)N1CCOC2CCCCC21. The summed E-state index contributed by atoms with van der Waals surface area (Å²) in [5.41, 5.74) is 2.00. The molecule has 2 atom stereocenters. The van der Waals surface area contributed by atoms with Gasteiger partial charge in [0.2, 0.25) is 5.91 Å². The number of nitrogens with zero attached hydrogens (tertiary/aromatic N) is 1. The maximum atomic E-state index is 13.0. The number of benzene rings is 1. The topological polar surface area (TPSA) is 29.5 Å². The molecule has 1 amide bonds. The first-order valence-corrected chi connectivity index (χ1v) is 8.48. The molecule has 3 heteroatoms. The molecule has 1 aliphatic carbocycles. The summed E-state index contributed by atoms with van der Waals surface area (Å²) in [6, 6.07) is 10.4. The van der Waals surface area contributed by atoms with Crippen LogP contribution in [0.25, 0.3) is 6.08 Å². The molecule has 2 fully saturated rings. The zero-order valence-corrected chi connectivity index (χ0v) is 13.3. The van der Waals surface area contributed by atoms with E-state index >= 15 is 0 Å². The number of carbonyl (C=O) groups excluding carboxylic acids is 1. The van der Waals surface area contributed by atoms with Crippen LogP contribution >= 0.6 is 0 Å². The maximum absolute atomic E-state index is 13.0. The van der Waals surface area contributed by atoms with E-state index in [2.05, 4.69) is 11.8 Å². The summed E-state index contributed by atoms with van der Waals surface area (Å²) in [4.78, 5) is 15.1. The summed E-state index contributed by atoms with van der Waals surface area (Å²) in [5.74, 6) is 0.201. The Labute approximate surface area is 133 Å². The third-order valence-electron chi connectivity index (χ3n) is 4.79. The van der Waals surface area contributed by atoms with Crippen LogP contribution in [-0.2, 0) is 9.53 Å². The van der Waals surface area contributed by atoms with E-state index in [4.69, 9.17) is 4.74 Å². The van der Waals surface area contributed by atoms with Crippen LogP contribution in [0.2, 0.25) is 0 Å². The summed E-state index contributed by atoms with van der Waals surface area (Å²) in [6.07, 6.45) is 7.66. The first-order valence-electron chi connectivity index (χ1n) is 8.48. The summed E-state index contributed by atoms with van der Waals surface area (Å²) >= 11 is 0. The summed E-state index contributed by atoms with van der Waals surface area (Å²) < 4.78 is 5.88. The van der Waals surface area contributed by atoms with Gasteiger partial charge in [-0.15, -0.1) is 0 Å². The van der Waals surface area contributed by atoms with E-state index in [9.17, 15) is 4.79 Å². The predicted octanol–water partition coefficient (Wildman–Crippen LogP) is 3.65. The molecule has 0 bridgehead atoms. The Balaban J connectivity index is 1.80. The summed E-state index contributed by atoms with van der Waals surface area (Å²) in [7, 11) is 0. The number of fused-ring (bicyclic) bond motifs is 1. The molecule has 3 nitrogen and oxygen atoms in total. The van der Waals surface area contributed by atoms with Crippen molar-refractivity contribution in [2.24, 2.45) is 0 Å². The van der Waals surface area contributed by atoms with Crippen LogP contribution in [0.3, 0.4) is 0 Å². The Morgan fingerprint density at radius 3 is 2.82 bits per heavy atom. The van der Waals surface area contributed by atoms with Crippen molar-refractivity contribution in [1.29, 1.82) is 0 Å². The van der Waals surface area contributed by atoms with E-state index in [0.29, 0.717) is 6.61 Å². The molecule has 1 aromatic carbocycles. The Hall–Kier alpha value is -1.61. The van der Waals surface area contributed by atoms with Crippen LogP contribution in [0.1, 0.15) is 44.6 Å². The van der Waals surface area contributed by atoms with Crippen LogP contribution in [-0.4, -0.2) is 36.1 Å².